The number of aromatic nitrogens is 2. The second kappa shape index (κ2) is 5.80. The van der Waals surface area contributed by atoms with Gasteiger partial charge in [0.15, 0.2) is 0 Å². The first-order valence-corrected chi connectivity index (χ1v) is 8.22. The molecule has 0 fully saturated rings. The number of rotatable bonds is 2. The number of benzene rings is 2. The lowest BCUT2D eigenvalue weighted by atomic mass is 10.1. The lowest BCUT2D eigenvalue weighted by Crippen LogP contribution is -2.29. The van der Waals surface area contributed by atoms with Gasteiger partial charge in [0.2, 0.25) is 0 Å². The van der Waals surface area contributed by atoms with Crippen molar-refractivity contribution in [2.75, 3.05) is 11.4 Å². The summed E-state index contributed by atoms with van der Waals surface area (Å²) in [6.45, 7) is 2.76. The summed E-state index contributed by atoms with van der Waals surface area (Å²) in [6, 6.07) is 13.5. The third-order valence-corrected chi connectivity index (χ3v) is 4.61. The van der Waals surface area contributed by atoms with Gasteiger partial charge in [0.25, 0.3) is 5.91 Å². The average molecular weight is 338 g/mol. The van der Waals surface area contributed by atoms with E-state index < -0.39 is 0 Å². The summed E-state index contributed by atoms with van der Waals surface area (Å²) in [5, 5.41) is 4.99. The standard InChI is InChI=1S/C19H16ClN3O/c1-13-3-2-4-14-9-10-22(18(13)14)19(24)15-11-21-23(12-15)17-7-5-16(20)6-8-17/h2-8,11-12H,9-10H2,1H3. The van der Waals surface area contributed by atoms with E-state index in [9.17, 15) is 4.79 Å². The molecule has 1 amide bonds. The van der Waals surface area contributed by atoms with Gasteiger partial charge >= 0.3 is 0 Å². The number of halogens is 1. The number of anilines is 1. The Labute approximate surface area is 145 Å². The number of hydrogen-bond acceptors (Lipinski definition) is 2. The van der Waals surface area contributed by atoms with E-state index in [2.05, 4.69) is 11.2 Å². The van der Waals surface area contributed by atoms with Gasteiger partial charge in [0.05, 0.1) is 23.1 Å². The van der Waals surface area contributed by atoms with Crippen LogP contribution in [0.4, 0.5) is 5.69 Å². The van der Waals surface area contributed by atoms with Crippen LogP contribution in [-0.4, -0.2) is 22.2 Å². The van der Waals surface area contributed by atoms with Gasteiger partial charge in [-0.25, -0.2) is 4.68 Å². The lowest BCUT2D eigenvalue weighted by Gasteiger charge is -2.18. The van der Waals surface area contributed by atoms with E-state index in [4.69, 9.17) is 11.6 Å². The Morgan fingerprint density at radius 3 is 2.75 bits per heavy atom. The predicted octanol–water partition coefficient (Wildman–Crippen LogP) is 4.04. The molecule has 1 aliphatic heterocycles. The molecule has 0 atom stereocenters. The number of hydrogen-bond donors (Lipinski definition) is 0. The minimum absolute atomic E-state index is 0.0109. The molecule has 3 aromatic rings. The van der Waals surface area contributed by atoms with Crippen LogP contribution in [0.25, 0.3) is 5.69 Å². The van der Waals surface area contributed by atoms with Gasteiger partial charge in [-0.15, -0.1) is 0 Å². The molecule has 0 radical (unpaired) electrons. The molecule has 0 saturated carbocycles. The summed E-state index contributed by atoms with van der Waals surface area (Å²) < 4.78 is 1.69. The number of nitrogens with zero attached hydrogens (tertiary/aromatic N) is 3. The molecule has 2 aromatic carbocycles. The van der Waals surface area contributed by atoms with Gasteiger partial charge in [-0.05, 0) is 48.7 Å². The number of para-hydroxylation sites is 1. The number of fused-ring (bicyclic) bond motifs is 1. The molecule has 0 bridgehead atoms. The highest BCUT2D eigenvalue weighted by molar-refractivity contribution is 6.30. The molecular formula is C19H16ClN3O. The van der Waals surface area contributed by atoms with Crippen molar-refractivity contribution in [3.63, 3.8) is 0 Å². The zero-order valence-electron chi connectivity index (χ0n) is 13.2. The van der Waals surface area contributed by atoms with Crippen LogP contribution in [0.15, 0.2) is 54.9 Å². The van der Waals surface area contributed by atoms with Crippen molar-refractivity contribution < 1.29 is 4.79 Å². The van der Waals surface area contributed by atoms with E-state index in [1.54, 1.807) is 29.2 Å². The van der Waals surface area contributed by atoms with Gasteiger partial charge in [0.1, 0.15) is 0 Å². The van der Waals surface area contributed by atoms with Crippen molar-refractivity contribution in [1.29, 1.82) is 0 Å². The van der Waals surface area contributed by atoms with Crippen LogP contribution in [0, 0.1) is 6.92 Å². The molecule has 0 unspecified atom stereocenters. The minimum Gasteiger partial charge on any atom is -0.307 e. The first-order chi connectivity index (χ1) is 11.6. The van der Waals surface area contributed by atoms with Crippen LogP contribution < -0.4 is 4.90 Å². The highest BCUT2D eigenvalue weighted by atomic mass is 35.5. The number of carbonyl (C=O) groups is 1. The third-order valence-electron chi connectivity index (χ3n) is 4.36. The van der Waals surface area contributed by atoms with Crippen molar-refractivity contribution in [3.05, 3.63) is 76.6 Å². The number of carbonyl (C=O) groups excluding carboxylic acids is 1. The normalized spacial score (nSPS) is 13.2. The van der Waals surface area contributed by atoms with Crippen LogP contribution in [-0.2, 0) is 6.42 Å². The molecule has 0 saturated heterocycles. The van der Waals surface area contributed by atoms with Crippen LogP contribution in [0.5, 0.6) is 0 Å². The number of aryl methyl sites for hydroxylation is 1. The molecule has 2 heterocycles. The third kappa shape index (κ3) is 2.49. The maximum atomic E-state index is 12.9. The fourth-order valence-electron chi connectivity index (χ4n) is 3.18. The molecular weight excluding hydrogens is 322 g/mol. The van der Waals surface area contributed by atoms with Gasteiger partial charge in [-0.2, -0.15) is 5.10 Å². The Morgan fingerprint density at radius 2 is 1.96 bits per heavy atom. The summed E-state index contributed by atoms with van der Waals surface area (Å²) in [4.78, 5) is 14.8. The van der Waals surface area contributed by atoms with Gasteiger partial charge < -0.3 is 4.90 Å². The molecule has 0 aliphatic carbocycles. The first-order valence-electron chi connectivity index (χ1n) is 7.84. The van der Waals surface area contributed by atoms with Gasteiger partial charge in [-0.3, -0.25) is 4.79 Å². The van der Waals surface area contributed by atoms with Crippen molar-refractivity contribution in [2.45, 2.75) is 13.3 Å². The Bertz CT molecular complexity index is 915. The maximum Gasteiger partial charge on any atom is 0.261 e. The van der Waals surface area contributed by atoms with Crippen molar-refractivity contribution in [3.8, 4) is 5.69 Å². The summed E-state index contributed by atoms with van der Waals surface area (Å²) in [5.41, 5.74) is 4.86. The minimum atomic E-state index is -0.0109. The largest absolute Gasteiger partial charge is 0.307 e. The molecule has 4 rings (SSSR count). The molecule has 0 spiro atoms. The highest BCUT2D eigenvalue weighted by Crippen LogP contribution is 2.32. The fourth-order valence-corrected chi connectivity index (χ4v) is 3.30. The average Bonchev–Trinajstić information content (AvgIpc) is 3.23. The summed E-state index contributed by atoms with van der Waals surface area (Å²) in [5.74, 6) is -0.0109. The van der Waals surface area contributed by atoms with Gasteiger partial charge in [0, 0.05) is 17.8 Å². The highest BCUT2D eigenvalue weighted by Gasteiger charge is 2.27. The monoisotopic (exact) mass is 337 g/mol. The Kier molecular flexibility index (Phi) is 3.62. The quantitative estimate of drug-likeness (QED) is 0.708. The zero-order valence-corrected chi connectivity index (χ0v) is 14.0. The molecule has 0 N–H and O–H groups in total. The van der Waals surface area contributed by atoms with Crippen LogP contribution in [0.3, 0.4) is 0 Å². The second-order valence-electron chi connectivity index (χ2n) is 5.94. The molecule has 4 nitrogen and oxygen atoms in total. The zero-order chi connectivity index (χ0) is 16.7. The van der Waals surface area contributed by atoms with E-state index in [0.29, 0.717) is 17.1 Å². The summed E-state index contributed by atoms with van der Waals surface area (Å²) in [6.07, 6.45) is 4.28. The van der Waals surface area contributed by atoms with Gasteiger partial charge in [-0.1, -0.05) is 29.8 Å². The van der Waals surface area contributed by atoms with E-state index in [0.717, 1.165) is 23.4 Å². The smallest absolute Gasteiger partial charge is 0.261 e. The van der Waals surface area contributed by atoms with Crippen LogP contribution in [0.2, 0.25) is 5.02 Å². The van der Waals surface area contributed by atoms with Crippen molar-refractivity contribution in [2.24, 2.45) is 0 Å². The molecule has 24 heavy (non-hydrogen) atoms. The Hall–Kier alpha value is -2.59. The van der Waals surface area contributed by atoms with Crippen molar-refractivity contribution in [1.82, 2.24) is 9.78 Å². The Morgan fingerprint density at radius 1 is 1.17 bits per heavy atom. The number of amides is 1. The first kappa shape index (κ1) is 15.0. The van der Waals surface area contributed by atoms with E-state index in [1.807, 2.05) is 36.1 Å². The SMILES string of the molecule is Cc1cccc2c1N(C(=O)c1cnn(-c3ccc(Cl)cc3)c1)CC2. The van der Waals surface area contributed by atoms with E-state index in [1.165, 1.54) is 5.56 Å². The summed E-state index contributed by atoms with van der Waals surface area (Å²) in [7, 11) is 0. The molecule has 5 heteroatoms. The fraction of sp³-hybridized carbons (Fsp3) is 0.158. The van der Waals surface area contributed by atoms with E-state index in [-0.39, 0.29) is 5.91 Å². The van der Waals surface area contributed by atoms with Crippen molar-refractivity contribution >= 4 is 23.2 Å². The Balaban J connectivity index is 1.64. The molecule has 1 aromatic heterocycles. The second-order valence-corrected chi connectivity index (χ2v) is 6.38. The molecule has 1 aliphatic rings. The summed E-state index contributed by atoms with van der Waals surface area (Å²) >= 11 is 5.91. The maximum absolute atomic E-state index is 12.9. The topological polar surface area (TPSA) is 38.1 Å². The van der Waals surface area contributed by atoms with Crippen LogP contribution in [0.1, 0.15) is 21.5 Å². The lowest BCUT2D eigenvalue weighted by molar-refractivity contribution is 0.0989. The van der Waals surface area contributed by atoms with E-state index >= 15 is 0 Å². The van der Waals surface area contributed by atoms with Crippen LogP contribution >= 0.6 is 11.6 Å². The molecule has 120 valence electrons. The predicted molar refractivity (Wildman–Crippen MR) is 95.1 cm³/mol.